The van der Waals surface area contributed by atoms with Crippen LogP contribution in [0.25, 0.3) is 0 Å². The van der Waals surface area contributed by atoms with Gasteiger partial charge in [0, 0.05) is 31.4 Å². The molecule has 0 saturated heterocycles. The van der Waals surface area contributed by atoms with Crippen molar-refractivity contribution in [2.24, 2.45) is 0 Å². The molecular formula is C16H20N2OS. The van der Waals surface area contributed by atoms with Crippen LogP contribution in [0.2, 0.25) is 0 Å². The van der Waals surface area contributed by atoms with Gasteiger partial charge < -0.3 is 10.2 Å². The first-order valence-electron chi connectivity index (χ1n) is 6.60. The van der Waals surface area contributed by atoms with E-state index in [0.717, 1.165) is 11.3 Å². The van der Waals surface area contributed by atoms with Crippen LogP contribution in [0.5, 0.6) is 0 Å². The second-order valence-corrected chi connectivity index (χ2v) is 5.93. The minimum absolute atomic E-state index is 0.0243. The number of aryl methyl sites for hydroxylation is 1. The van der Waals surface area contributed by atoms with Crippen LogP contribution < -0.4 is 5.32 Å². The second-order valence-electron chi connectivity index (χ2n) is 5.15. The molecule has 0 fully saturated rings. The van der Waals surface area contributed by atoms with E-state index >= 15 is 0 Å². The molecule has 0 aliphatic carbocycles. The lowest BCUT2D eigenvalue weighted by Crippen LogP contribution is -2.21. The van der Waals surface area contributed by atoms with E-state index in [-0.39, 0.29) is 11.9 Å². The first-order valence-corrected chi connectivity index (χ1v) is 7.54. The van der Waals surface area contributed by atoms with Crippen molar-refractivity contribution < 1.29 is 4.79 Å². The van der Waals surface area contributed by atoms with Crippen molar-refractivity contribution in [1.29, 1.82) is 0 Å². The Kier molecular flexibility index (Phi) is 4.45. The molecule has 20 heavy (non-hydrogen) atoms. The molecule has 2 rings (SSSR count). The summed E-state index contributed by atoms with van der Waals surface area (Å²) in [6.07, 6.45) is 0. The molecular weight excluding hydrogens is 268 g/mol. The van der Waals surface area contributed by atoms with Crippen molar-refractivity contribution in [3.05, 3.63) is 51.7 Å². The molecule has 2 aromatic rings. The molecule has 0 bridgehead atoms. The number of rotatable bonds is 4. The Morgan fingerprint density at radius 1 is 1.30 bits per heavy atom. The molecule has 1 atom stereocenters. The van der Waals surface area contributed by atoms with E-state index in [1.54, 1.807) is 30.3 Å². The number of hydrogen-bond acceptors (Lipinski definition) is 3. The van der Waals surface area contributed by atoms with E-state index in [9.17, 15) is 4.79 Å². The van der Waals surface area contributed by atoms with Crippen LogP contribution in [0.3, 0.4) is 0 Å². The van der Waals surface area contributed by atoms with Crippen LogP contribution in [-0.2, 0) is 0 Å². The highest BCUT2D eigenvalue weighted by Gasteiger charge is 2.12. The van der Waals surface area contributed by atoms with E-state index in [1.807, 2.05) is 25.1 Å². The number of benzene rings is 1. The predicted molar refractivity (Wildman–Crippen MR) is 85.6 cm³/mol. The SMILES string of the molecule is Cc1ccc(C(=O)N(C)C)cc1NC(C)c1ccsc1. The van der Waals surface area contributed by atoms with Gasteiger partial charge in [-0.2, -0.15) is 11.3 Å². The van der Waals surface area contributed by atoms with Crippen LogP contribution in [-0.4, -0.2) is 24.9 Å². The van der Waals surface area contributed by atoms with Gasteiger partial charge in [0.05, 0.1) is 0 Å². The Morgan fingerprint density at radius 2 is 2.05 bits per heavy atom. The monoisotopic (exact) mass is 288 g/mol. The maximum absolute atomic E-state index is 12.0. The van der Waals surface area contributed by atoms with Gasteiger partial charge in [-0.05, 0) is 53.9 Å². The van der Waals surface area contributed by atoms with Gasteiger partial charge in [-0.3, -0.25) is 4.79 Å². The minimum atomic E-state index is 0.0243. The first-order chi connectivity index (χ1) is 9.49. The summed E-state index contributed by atoms with van der Waals surface area (Å²) in [5.74, 6) is 0.0243. The maximum atomic E-state index is 12.0. The number of nitrogens with one attached hydrogen (secondary N) is 1. The molecule has 0 spiro atoms. The summed E-state index contributed by atoms with van der Waals surface area (Å²) in [5, 5.41) is 7.70. The van der Waals surface area contributed by atoms with E-state index in [0.29, 0.717) is 5.56 Å². The molecule has 0 aliphatic rings. The molecule has 106 valence electrons. The average Bonchev–Trinajstić information content (AvgIpc) is 2.94. The summed E-state index contributed by atoms with van der Waals surface area (Å²) in [4.78, 5) is 13.6. The quantitative estimate of drug-likeness (QED) is 0.924. The zero-order chi connectivity index (χ0) is 14.7. The summed E-state index contributed by atoms with van der Waals surface area (Å²) in [6, 6.07) is 8.13. The van der Waals surface area contributed by atoms with Gasteiger partial charge in [-0.25, -0.2) is 0 Å². The van der Waals surface area contributed by atoms with Crippen molar-refractivity contribution in [3.63, 3.8) is 0 Å². The third-order valence-electron chi connectivity index (χ3n) is 3.31. The Bertz CT molecular complexity index is 591. The first kappa shape index (κ1) is 14.6. The zero-order valence-electron chi connectivity index (χ0n) is 12.3. The van der Waals surface area contributed by atoms with E-state index in [4.69, 9.17) is 0 Å². The highest BCUT2D eigenvalue weighted by atomic mass is 32.1. The summed E-state index contributed by atoms with van der Waals surface area (Å²) >= 11 is 1.69. The lowest BCUT2D eigenvalue weighted by Gasteiger charge is -2.18. The average molecular weight is 288 g/mol. The Hall–Kier alpha value is -1.81. The van der Waals surface area contributed by atoms with Gasteiger partial charge in [0.2, 0.25) is 0 Å². The normalized spacial score (nSPS) is 12.0. The van der Waals surface area contributed by atoms with E-state index in [1.165, 1.54) is 5.56 Å². The van der Waals surface area contributed by atoms with Gasteiger partial charge in [0.15, 0.2) is 0 Å². The highest BCUT2D eigenvalue weighted by Crippen LogP contribution is 2.24. The molecule has 1 unspecified atom stereocenters. The van der Waals surface area contributed by atoms with Gasteiger partial charge in [-0.1, -0.05) is 6.07 Å². The minimum Gasteiger partial charge on any atom is -0.378 e. The Balaban J connectivity index is 2.23. The molecule has 0 saturated carbocycles. The number of carbonyl (C=O) groups excluding carboxylic acids is 1. The molecule has 1 aromatic carbocycles. The summed E-state index contributed by atoms with van der Waals surface area (Å²) < 4.78 is 0. The van der Waals surface area contributed by atoms with Crippen LogP contribution >= 0.6 is 11.3 Å². The van der Waals surface area contributed by atoms with Crippen LogP contribution in [0.1, 0.15) is 34.5 Å². The number of nitrogens with zero attached hydrogens (tertiary/aromatic N) is 1. The lowest BCUT2D eigenvalue weighted by molar-refractivity contribution is 0.0827. The summed E-state index contributed by atoms with van der Waals surface area (Å²) in [5.41, 5.74) is 4.12. The topological polar surface area (TPSA) is 32.3 Å². The Morgan fingerprint density at radius 3 is 2.65 bits per heavy atom. The van der Waals surface area contributed by atoms with Crippen molar-refractivity contribution in [3.8, 4) is 0 Å². The molecule has 1 N–H and O–H groups in total. The van der Waals surface area contributed by atoms with Crippen molar-refractivity contribution >= 4 is 22.9 Å². The van der Waals surface area contributed by atoms with E-state index in [2.05, 4.69) is 29.1 Å². The van der Waals surface area contributed by atoms with E-state index < -0.39 is 0 Å². The number of hydrogen-bond donors (Lipinski definition) is 1. The molecule has 4 heteroatoms. The molecule has 0 radical (unpaired) electrons. The molecule has 1 aromatic heterocycles. The smallest absolute Gasteiger partial charge is 0.253 e. The fourth-order valence-corrected chi connectivity index (χ4v) is 2.76. The third kappa shape index (κ3) is 3.20. The fourth-order valence-electron chi connectivity index (χ4n) is 2.01. The van der Waals surface area contributed by atoms with Crippen molar-refractivity contribution in [1.82, 2.24) is 4.90 Å². The number of amides is 1. The lowest BCUT2D eigenvalue weighted by atomic mass is 10.1. The van der Waals surface area contributed by atoms with Crippen LogP contribution in [0.4, 0.5) is 5.69 Å². The predicted octanol–water partition coefficient (Wildman–Crippen LogP) is 3.93. The molecule has 1 heterocycles. The largest absolute Gasteiger partial charge is 0.378 e. The third-order valence-corrected chi connectivity index (χ3v) is 4.01. The van der Waals surface area contributed by atoms with Crippen LogP contribution in [0, 0.1) is 6.92 Å². The highest BCUT2D eigenvalue weighted by molar-refractivity contribution is 7.07. The maximum Gasteiger partial charge on any atom is 0.253 e. The van der Waals surface area contributed by atoms with Gasteiger partial charge in [0.25, 0.3) is 5.91 Å². The summed E-state index contributed by atoms with van der Waals surface area (Å²) in [7, 11) is 3.53. The van der Waals surface area contributed by atoms with Gasteiger partial charge in [0.1, 0.15) is 0 Å². The standard InChI is InChI=1S/C16H20N2OS/c1-11-5-6-13(16(19)18(3)4)9-15(11)17-12(2)14-7-8-20-10-14/h5-10,12,17H,1-4H3. The number of anilines is 1. The zero-order valence-corrected chi connectivity index (χ0v) is 13.1. The van der Waals surface area contributed by atoms with Crippen molar-refractivity contribution in [2.75, 3.05) is 19.4 Å². The van der Waals surface area contributed by atoms with Crippen LogP contribution in [0.15, 0.2) is 35.0 Å². The summed E-state index contributed by atoms with van der Waals surface area (Å²) in [6.45, 7) is 4.18. The number of thiophene rings is 1. The molecule has 3 nitrogen and oxygen atoms in total. The Labute approximate surface area is 124 Å². The molecule has 1 amide bonds. The number of carbonyl (C=O) groups is 1. The van der Waals surface area contributed by atoms with Gasteiger partial charge >= 0.3 is 0 Å². The second kappa shape index (κ2) is 6.09. The van der Waals surface area contributed by atoms with Gasteiger partial charge in [-0.15, -0.1) is 0 Å². The fraction of sp³-hybridized carbons (Fsp3) is 0.312. The molecule has 0 aliphatic heterocycles. The van der Waals surface area contributed by atoms with Crippen molar-refractivity contribution in [2.45, 2.75) is 19.9 Å².